The number of benzene rings is 1. The van der Waals surface area contributed by atoms with Gasteiger partial charge in [-0.2, -0.15) is 5.10 Å². The summed E-state index contributed by atoms with van der Waals surface area (Å²) in [6.45, 7) is 3.44. The van der Waals surface area contributed by atoms with Gasteiger partial charge in [0.15, 0.2) is 0 Å². The van der Waals surface area contributed by atoms with Crippen molar-refractivity contribution in [3.05, 3.63) is 53.3 Å². The second-order valence-corrected chi connectivity index (χ2v) is 9.06. The molecule has 1 saturated heterocycles. The van der Waals surface area contributed by atoms with Crippen LogP contribution in [0.25, 0.3) is 0 Å². The Labute approximate surface area is 160 Å². The van der Waals surface area contributed by atoms with Gasteiger partial charge in [0.1, 0.15) is 5.69 Å². The van der Waals surface area contributed by atoms with Gasteiger partial charge in [0, 0.05) is 32.4 Å². The molecule has 0 saturated carbocycles. The van der Waals surface area contributed by atoms with E-state index >= 15 is 0 Å². The highest BCUT2D eigenvalue weighted by Crippen LogP contribution is 2.21. The monoisotopic (exact) mass is 390 g/mol. The van der Waals surface area contributed by atoms with Crippen molar-refractivity contribution >= 4 is 15.9 Å². The van der Waals surface area contributed by atoms with Gasteiger partial charge >= 0.3 is 0 Å². The lowest BCUT2D eigenvalue weighted by molar-refractivity contribution is 0.0935. The minimum absolute atomic E-state index is 0.0360. The Kier molecular flexibility index (Phi) is 5.96. The zero-order valence-electron chi connectivity index (χ0n) is 15.8. The Balaban J connectivity index is 1.48. The summed E-state index contributed by atoms with van der Waals surface area (Å²) < 4.78 is 28.4. The molecule has 2 aromatic rings. The normalized spacial score (nSPS) is 16.4. The smallest absolute Gasteiger partial charge is 0.271 e. The van der Waals surface area contributed by atoms with Crippen LogP contribution in [0.15, 0.2) is 36.4 Å². The summed E-state index contributed by atoms with van der Waals surface area (Å²) in [6.07, 6.45) is 1.49. The Morgan fingerprint density at radius 1 is 1.22 bits per heavy atom. The molecule has 1 aliphatic rings. The third-order valence-corrected chi connectivity index (χ3v) is 6.91. The van der Waals surface area contributed by atoms with Crippen LogP contribution in [0, 0.1) is 12.8 Å². The SMILES string of the molecule is Cc1cc(C(=O)NCC2CCN(S(=O)(=O)Cc3ccccc3)CC2)nn1C. The van der Waals surface area contributed by atoms with E-state index in [9.17, 15) is 13.2 Å². The molecule has 0 unspecified atom stereocenters. The van der Waals surface area contributed by atoms with E-state index in [1.54, 1.807) is 22.1 Å². The average molecular weight is 391 g/mol. The predicted octanol–water partition coefficient (Wildman–Crippen LogP) is 1.70. The van der Waals surface area contributed by atoms with E-state index in [2.05, 4.69) is 10.4 Å². The first-order chi connectivity index (χ1) is 12.8. The summed E-state index contributed by atoms with van der Waals surface area (Å²) in [6, 6.07) is 11.0. The molecule has 1 amide bonds. The molecule has 2 heterocycles. The molecule has 1 aromatic carbocycles. The molecule has 0 bridgehead atoms. The largest absolute Gasteiger partial charge is 0.350 e. The van der Waals surface area contributed by atoms with Crippen LogP contribution in [-0.4, -0.2) is 48.0 Å². The van der Waals surface area contributed by atoms with Crippen LogP contribution in [0.4, 0.5) is 0 Å². The number of carbonyl (C=O) groups excluding carboxylic acids is 1. The van der Waals surface area contributed by atoms with Crippen molar-refractivity contribution in [2.75, 3.05) is 19.6 Å². The first-order valence-electron chi connectivity index (χ1n) is 9.16. The van der Waals surface area contributed by atoms with E-state index in [1.165, 1.54) is 0 Å². The van der Waals surface area contributed by atoms with Gasteiger partial charge in [-0.05, 0) is 37.3 Å². The lowest BCUT2D eigenvalue weighted by Crippen LogP contribution is -2.42. The van der Waals surface area contributed by atoms with Crippen molar-refractivity contribution in [2.24, 2.45) is 13.0 Å². The highest BCUT2D eigenvalue weighted by molar-refractivity contribution is 7.88. The van der Waals surface area contributed by atoms with Crippen LogP contribution >= 0.6 is 0 Å². The Morgan fingerprint density at radius 3 is 2.48 bits per heavy atom. The first-order valence-corrected chi connectivity index (χ1v) is 10.8. The minimum atomic E-state index is -3.30. The van der Waals surface area contributed by atoms with Gasteiger partial charge in [-0.15, -0.1) is 0 Å². The quantitative estimate of drug-likeness (QED) is 0.814. The maximum atomic E-state index is 12.6. The first kappa shape index (κ1) is 19.6. The van der Waals surface area contributed by atoms with E-state index in [0.717, 1.165) is 24.1 Å². The lowest BCUT2D eigenvalue weighted by Gasteiger charge is -2.31. The topological polar surface area (TPSA) is 84.3 Å². The molecule has 8 heteroatoms. The molecule has 0 radical (unpaired) electrons. The summed E-state index contributed by atoms with van der Waals surface area (Å²) >= 11 is 0. The predicted molar refractivity (Wildman–Crippen MR) is 104 cm³/mol. The van der Waals surface area contributed by atoms with Crippen molar-refractivity contribution in [3.8, 4) is 0 Å². The number of carbonyl (C=O) groups is 1. The highest BCUT2D eigenvalue weighted by Gasteiger charge is 2.28. The molecule has 1 aromatic heterocycles. The number of sulfonamides is 1. The third kappa shape index (κ3) is 4.95. The van der Waals surface area contributed by atoms with Crippen molar-refractivity contribution in [1.82, 2.24) is 19.4 Å². The molecule has 7 nitrogen and oxygen atoms in total. The Bertz CT molecular complexity index is 865. The van der Waals surface area contributed by atoms with Crippen molar-refractivity contribution in [3.63, 3.8) is 0 Å². The van der Waals surface area contributed by atoms with Gasteiger partial charge in [-0.25, -0.2) is 12.7 Å². The van der Waals surface area contributed by atoms with Crippen LogP contribution in [0.2, 0.25) is 0 Å². The van der Waals surface area contributed by atoms with E-state index in [4.69, 9.17) is 0 Å². The molecule has 3 rings (SSSR count). The summed E-state index contributed by atoms with van der Waals surface area (Å²) in [4.78, 5) is 12.2. The van der Waals surface area contributed by atoms with Gasteiger partial charge in [0.2, 0.25) is 10.0 Å². The summed E-state index contributed by atoms with van der Waals surface area (Å²) in [5, 5.41) is 7.10. The molecule has 146 valence electrons. The molecule has 27 heavy (non-hydrogen) atoms. The molecular formula is C19H26N4O3S. The maximum absolute atomic E-state index is 12.6. The summed E-state index contributed by atoms with van der Waals surface area (Å²) in [5.74, 6) is 0.133. The number of nitrogens with one attached hydrogen (secondary N) is 1. The Hall–Kier alpha value is -2.19. The van der Waals surface area contributed by atoms with Crippen LogP contribution < -0.4 is 5.32 Å². The molecule has 1 N–H and O–H groups in total. The molecule has 0 spiro atoms. The standard InChI is InChI=1S/C19H26N4O3S/c1-15-12-18(21-22(15)2)19(24)20-13-16-8-10-23(11-9-16)27(25,26)14-17-6-4-3-5-7-17/h3-7,12,16H,8-11,13-14H2,1-2H3,(H,20,24). The maximum Gasteiger partial charge on any atom is 0.271 e. The van der Waals surface area contributed by atoms with Crippen LogP contribution in [-0.2, 0) is 22.8 Å². The average Bonchev–Trinajstić information content (AvgIpc) is 2.99. The number of hydrogen-bond donors (Lipinski definition) is 1. The van der Waals surface area contributed by atoms with E-state index in [0.29, 0.717) is 25.3 Å². The third-order valence-electron chi connectivity index (χ3n) is 5.06. The number of rotatable bonds is 6. The van der Waals surface area contributed by atoms with Gasteiger partial charge in [0.05, 0.1) is 5.75 Å². The van der Waals surface area contributed by atoms with Crippen molar-refractivity contribution in [2.45, 2.75) is 25.5 Å². The fraction of sp³-hybridized carbons (Fsp3) is 0.474. The zero-order chi connectivity index (χ0) is 19.4. The van der Waals surface area contributed by atoms with Crippen LogP contribution in [0.1, 0.15) is 34.6 Å². The fourth-order valence-corrected chi connectivity index (χ4v) is 4.83. The van der Waals surface area contributed by atoms with Crippen LogP contribution in [0.5, 0.6) is 0 Å². The van der Waals surface area contributed by atoms with Crippen molar-refractivity contribution < 1.29 is 13.2 Å². The summed E-state index contributed by atoms with van der Waals surface area (Å²) in [7, 11) is -1.50. The fourth-order valence-electron chi connectivity index (χ4n) is 3.27. The number of aryl methyl sites for hydroxylation is 2. The molecule has 1 fully saturated rings. The number of nitrogens with zero attached hydrogens (tertiary/aromatic N) is 3. The number of hydrogen-bond acceptors (Lipinski definition) is 4. The molecule has 1 aliphatic heterocycles. The van der Waals surface area contributed by atoms with E-state index in [1.807, 2.05) is 37.3 Å². The number of piperidine rings is 1. The lowest BCUT2D eigenvalue weighted by atomic mass is 9.98. The van der Waals surface area contributed by atoms with E-state index in [-0.39, 0.29) is 17.6 Å². The molecular weight excluding hydrogens is 364 g/mol. The zero-order valence-corrected chi connectivity index (χ0v) is 16.6. The van der Waals surface area contributed by atoms with Gasteiger partial charge in [-0.1, -0.05) is 30.3 Å². The second-order valence-electron chi connectivity index (χ2n) is 7.09. The number of amides is 1. The van der Waals surface area contributed by atoms with Gasteiger partial charge in [-0.3, -0.25) is 9.48 Å². The van der Waals surface area contributed by atoms with Crippen molar-refractivity contribution in [1.29, 1.82) is 0 Å². The van der Waals surface area contributed by atoms with Crippen LogP contribution in [0.3, 0.4) is 0 Å². The number of aromatic nitrogens is 2. The molecule has 0 atom stereocenters. The second kappa shape index (κ2) is 8.22. The van der Waals surface area contributed by atoms with Gasteiger partial charge in [0.25, 0.3) is 5.91 Å². The molecule has 0 aliphatic carbocycles. The van der Waals surface area contributed by atoms with E-state index < -0.39 is 10.0 Å². The van der Waals surface area contributed by atoms with Gasteiger partial charge < -0.3 is 5.32 Å². The minimum Gasteiger partial charge on any atom is -0.350 e. The Morgan fingerprint density at radius 2 is 1.89 bits per heavy atom. The summed E-state index contributed by atoms with van der Waals surface area (Å²) in [5.41, 5.74) is 2.15. The highest BCUT2D eigenvalue weighted by atomic mass is 32.2.